The molecular weight excluding hydrogens is 347 g/mol. The van der Waals surface area contributed by atoms with E-state index in [1.807, 2.05) is 6.07 Å². The zero-order valence-electron chi connectivity index (χ0n) is 8.02. The molecule has 0 aliphatic heterocycles. The first-order chi connectivity index (χ1) is 7.10. The number of ether oxygens (including phenoxy) is 1. The molecule has 0 aromatic heterocycles. The summed E-state index contributed by atoms with van der Waals surface area (Å²) in [5.41, 5.74) is 1.43. The molecule has 0 spiro atoms. The number of alkyl halides is 1. The summed E-state index contributed by atoms with van der Waals surface area (Å²) in [5.74, 6) is 0.0497. The lowest BCUT2D eigenvalue weighted by Crippen LogP contribution is -2.06. The van der Waals surface area contributed by atoms with E-state index in [1.54, 1.807) is 13.0 Å². The van der Waals surface area contributed by atoms with Gasteiger partial charge in [0.25, 0.3) is 0 Å². The van der Waals surface area contributed by atoms with Crippen LogP contribution in [0.4, 0.5) is 0 Å². The van der Waals surface area contributed by atoms with E-state index < -0.39 is 0 Å². The lowest BCUT2D eigenvalue weighted by molar-refractivity contribution is 0.0525. The number of carbonyl (C=O) groups excluding carboxylic acids is 1. The van der Waals surface area contributed by atoms with E-state index in [0.29, 0.717) is 22.5 Å². The summed E-state index contributed by atoms with van der Waals surface area (Å²) in [6, 6.07) is 3.52. The molecule has 0 saturated heterocycles. The zero-order valence-corrected chi connectivity index (χ0v) is 11.9. The minimum Gasteiger partial charge on any atom is -0.462 e. The SMILES string of the molecule is CCOC(=O)c1cc(Br)c(CCl)cc1Br. The molecule has 1 rings (SSSR count). The molecular formula is C10H9Br2ClO2. The molecule has 0 unspecified atom stereocenters. The Morgan fingerprint density at radius 3 is 2.60 bits per heavy atom. The highest BCUT2D eigenvalue weighted by Crippen LogP contribution is 2.27. The Hall–Kier alpha value is -0.0600. The maximum absolute atomic E-state index is 11.5. The summed E-state index contributed by atoms with van der Waals surface area (Å²) in [5, 5.41) is 0. The Labute approximate surface area is 110 Å². The van der Waals surface area contributed by atoms with Crippen molar-refractivity contribution in [2.75, 3.05) is 6.61 Å². The molecule has 82 valence electrons. The van der Waals surface area contributed by atoms with Crippen LogP contribution < -0.4 is 0 Å². The Morgan fingerprint density at radius 1 is 1.40 bits per heavy atom. The minimum absolute atomic E-state index is 0.341. The van der Waals surface area contributed by atoms with Crippen LogP contribution in [0.5, 0.6) is 0 Å². The second-order valence-corrected chi connectivity index (χ2v) is 4.75. The molecule has 0 aliphatic carbocycles. The van der Waals surface area contributed by atoms with Gasteiger partial charge in [-0.1, -0.05) is 15.9 Å². The second-order valence-electron chi connectivity index (χ2n) is 2.78. The average molecular weight is 356 g/mol. The summed E-state index contributed by atoms with van der Waals surface area (Å²) >= 11 is 12.4. The van der Waals surface area contributed by atoms with Crippen LogP contribution in [0.15, 0.2) is 21.1 Å². The maximum Gasteiger partial charge on any atom is 0.339 e. The first kappa shape index (κ1) is 13.0. The predicted molar refractivity (Wildman–Crippen MR) is 67.4 cm³/mol. The van der Waals surface area contributed by atoms with Gasteiger partial charge in [0.15, 0.2) is 0 Å². The van der Waals surface area contributed by atoms with Crippen LogP contribution >= 0.6 is 43.5 Å². The van der Waals surface area contributed by atoms with Crippen LogP contribution in [-0.4, -0.2) is 12.6 Å². The quantitative estimate of drug-likeness (QED) is 0.601. The van der Waals surface area contributed by atoms with Crippen molar-refractivity contribution in [3.05, 3.63) is 32.2 Å². The number of esters is 1. The fourth-order valence-electron chi connectivity index (χ4n) is 1.06. The lowest BCUT2D eigenvalue weighted by atomic mass is 10.1. The van der Waals surface area contributed by atoms with Gasteiger partial charge < -0.3 is 4.74 Å². The number of halogens is 3. The van der Waals surface area contributed by atoms with Gasteiger partial charge >= 0.3 is 5.97 Å². The van der Waals surface area contributed by atoms with Crippen LogP contribution in [0, 0.1) is 0 Å². The maximum atomic E-state index is 11.5. The van der Waals surface area contributed by atoms with Crippen molar-refractivity contribution in [3.8, 4) is 0 Å². The van der Waals surface area contributed by atoms with Crippen LogP contribution in [0.3, 0.4) is 0 Å². The highest BCUT2D eigenvalue weighted by molar-refractivity contribution is 9.11. The Kier molecular flexibility index (Phi) is 5.09. The van der Waals surface area contributed by atoms with Crippen molar-refractivity contribution in [1.29, 1.82) is 0 Å². The van der Waals surface area contributed by atoms with Gasteiger partial charge in [0, 0.05) is 14.8 Å². The molecule has 5 heteroatoms. The van der Waals surface area contributed by atoms with Crippen LogP contribution in [0.2, 0.25) is 0 Å². The number of rotatable bonds is 3. The van der Waals surface area contributed by atoms with Crippen LogP contribution in [-0.2, 0) is 10.6 Å². The largest absolute Gasteiger partial charge is 0.462 e. The second kappa shape index (κ2) is 5.87. The molecule has 0 bridgehead atoms. The van der Waals surface area contributed by atoms with E-state index in [0.717, 1.165) is 10.0 Å². The molecule has 0 N–H and O–H groups in total. The predicted octanol–water partition coefficient (Wildman–Crippen LogP) is 4.13. The van der Waals surface area contributed by atoms with E-state index in [2.05, 4.69) is 31.9 Å². The number of hydrogen-bond donors (Lipinski definition) is 0. The Morgan fingerprint density at radius 2 is 2.07 bits per heavy atom. The van der Waals surface area contributed by atoms with Gasteiger partial charge in [0.05, 0.1) is 12.2 Å². The third kappa shape index (κ3) is 3.20. The third-order valence-corrected chi connectivity index (χ3v) is 3.46. The molecule has 0 radical (unpaired) electrons. The summed E-state index contributed by atoms with van der Waals surface area (Å²) < 4.78 is 6.42. The highest BCUT2D eigenvalue weighted by Gasteiger charge is 2.13. The van der Waals surface area contributed by atoms with E-state index in [9.17, 15) is 4.79 Å². The van der Waals surface area contributed by atoms with Gasteiger partial charge in [0.2, 0.25) is 0 Å². The molecule has 0 atom stereocenters. The topological polar surface area (TPSA) is 26.3 Å². The minimum atomic E-state index is -0.341. The number of carbonyl (C=O) groups is 1. The van der Waals surface area contributed by atoms with Crippen LogP contribution in [0.1, 0.15) is 22.8 Å². The monoisotopic (exact) mass is 354 g/mol. The first-order valence-corrected chi connectivity index (χ1v) is 6.43. The van der Waals surface area contributed by atoms with Gasteiger partial charge in [-0.25, -0.2) is 4.79 Å². The normalized spacial score (nSPS) is 10.1. The molecule has 1 aromatic rings. The Balaban J connectivity index is 3.10. The van der Waals surface area contributed by atoms with E-state index in [-0.39, 0.29) is 5.97 Å². The van der Waals surface area contributed by atoms with Crippen molar-refractivity contribution < 1.29 is 9.53 Å². The van der Waals surface area contributed by atoms with Crippen molar-refractivity contribution in [1.82, 2.24) is 0 Å². The standard InChI is InChI=1S/C10H9Br2ClO2/c1-2-15-10(14)7-4-8(11)6(5-13)3-9(7)12/h3-4H,2,5H2,1H3. The molecule has 0 aliphatic rings. The fourth-order valence-corrected chi connectivity index (χ4v) is 2.47. The third-order valence-electron chi connectivity index (χ3n) is 1.78. The number of benzene rings is 1. The average Bonchev–Trinajstić information content (AvgIpc) is 2.21. The highest BCUT2D eigenvalue weighted by atomic mass is 79.9. The van der Waals surface area contributed by atoms with Crippen molar-refractivity contribution >= 4 is 49.4 Å². The van der Waals surface area contributed by atoms with Crippen LogP contribution in [0.25, 0.3) is 0 Å². The fraction of sp³-hybridized carbons (Fsp3) is 0.300. The molecule has 0 heterocycles. The van der Waals surface area contributed by atoms with Gasteiger partial charge in [-0.05, 0) is 40.5 Å². The Bertz CT molecular complexity index is 380. The van der Waals surface area contributed by atoms with E-state index >= 15 is 0 Å². The summed E-state index contributed by atoms with van der Waals surface area (Å²) in [6.07, 6.45) is 0. The summed E-state index contributed by atoms with van der Waals surface area (Å²) in [6.45, 7) is 2.13. The lowest BCUT2D eigenvalue weighted by Gasteiger charge is -2.07. The van der Waals surface area contributed by atoms with Gasteiger partial charge in [-0.3, -0.25) is 0 Å². The molecule has 1 aromatic carbocycles. The zero-order chi connectivity index (χ0) is 11.4. The van der Waals surface area contributed by atoms with E-state index in [4.69, 9.17) is 16.3 Å². The summed E-state index contributed by atoms with van der Waals surface area (Å²) in [4.78, 5) is 11.5. The molecule has 15 heavy (non-hydrogen) atoms. The first-order valence-electron chi connectivity index (χ1n) is 4.31. The van der Waals surface area contributed by atoms with Crippen molar-refractivity contribution in [3.63, 3.8) is 0 Å². The molecule has 0 fully saturated rings. The molecule has 0 saturated carbocycles. The van der Waals surface area contributed by atoms with Gasteiger partial charge in [-0.2, -0.15) is 0 Å². The molecule has 2 nitrogen and oxygen atoms in total. The van der Waals surface area contributed by atoms with Gasteiger partial charge in [-0.15, -0.1) is 11.6 Å². The summed E-state index contributed by atoms with van der Waals surface area (Å²) in [7, 11) is 0. The van der Waals surface area contributed by atoms with Gasteiger partial charge in [0.1, 0.15) is 0 Å². The van der Waals surface area contributed by atoms with E-state index in [1.165, 1.54) is 0 Å². The molecule has 0 amide bonds. The smallest absolute Gasteiger partial charge is 0.339 e. The van der Waals surface area contributed by atoms with Crippen molar-refractivity contribution in [2.24, 2.45) is 0 Å². The van der Waals surface area contributed by atoms with Crippen molar-refractivity contribution in [2.45, 2.75) is 12.8 Å². The number of hydrogen-bond acceptors (Lipinski definition) is 2.